The summed E-state index contributed by atoms with van der Waals surface area (Å²) in [4.78, 5) is 0. The maximum absolute atomic E-state index is 3.24. The topological polar surface area (TPSA) is 12.0 Å². The third-order valence-corrected chi connectivity index (χ3v) is 2.90. The molecule has 1 heteroatoms. The van der Waals surface area contributed by atoms with E-state index in [9.17, 15) is 0 Å². The molecular weight excluding hydrogens is 194 g/mol. The maximum Gasteiger partial charge on any atom is 0.0167 e. The molecule has 1 nitrogen and oxygen atoms in total. The Morgan fingerprint density at radius 3 is 2.56 bits per heavy atom. The lowest BCUT2D eigenvalue weighted by Gasteiger charge is -2.12. The molecule has 0 amide bonds. The van der Waals surface area contributed by atoms with Crippen LogP contribution in [0.1, 0.15) is 31.9 Å². The zero-order valence-electron chi connectivity index (χ0n) is 10.9. The molecule has 1 aromatic rings. The predicted molar refractivity (Wildman–Crippen MR) is 72.6 cm³/mol. The number of benzene rings is 1. The Morgan fingerprint density at radius 2 is 2.00 bits per heavy atom. The molecule has 0 saturated carbocycles. The number of hydrogen-bond donors (Lipinski definition) is 1. The Kier molecular flexibility index (Phi) is 5.27. The van der Waals surface area contributed by atoms with E-state index in [1.165, 1.54) is 16.7 Å². The lowest BCUT2D eigenvalue weighted by molar-refractivity contribution is 0.713. The van der Waals surface area contributed by atoms with Crippen molar-refractivity contribution in [1.82, 2.24) is 5.32 Å². The smallest absolute Gasteiger partial charge is 0.0167 e. The molecule has 88 valence electrons. The van der Waals surface area contributed by atoms with Crippen molar-refractivity contribution in [3.63, 3.8) is 0 Å². The molecule has 0 saturated heterocycles. The van der Waals surface area contributed by atoms with Crippen molar-refractivity contribution in [3.05, 3.63) is 41.0 Å². The second-order valence-corrected chi connectivity index (χ2v) is 4.46. The van der Waals surface area contributed by atoms with Crippen LogP contribution in [0, 0.1) is 5.92 Å². The number of rotatable bonds is 5. The molecule has 0 aromatic heterocycles. The average Bonchev–Trinajstić information content (AvgIpc) is 2.29. The fourth-order valence-corrected chi connectivity index (χ4v) is 1.82. The first kappa shape index (κ1) is 13.0. The molecule has 0 radical (unpaired) electrons. The van der Waals surface area contributed by atoms with Gasteiger partial charge in [-0.1, -0.05) is 56.7 Å². The molecule has 0 bridgehead atoms. The molecule has 0 atom stereocenters. The Balaban J connectivity index is 3.02. The highest BCUT2D eigenvalue weighted by Gasteiger charge is 2.04. The summed E-state index contributed by atoms with van der Waals surface area (Å²) >= 11 is 0. The lowest BCUT2D eigenvalue weighted by Crippen LogP contribution is -2.14. The monoisotopic (exact) mass is 217 g/mol. The van der Waals surface area contributed by atoms with Crippen LogP contribution in [-0.2, 0) is 6.42 Å². The summed E-state index contributed by atoms with van der Waals surface area (Å²) < 4.78 is 0. The standard InChI is InChI=1S/C15H23N/c1-5-13-8-6-7-9-14(13)10-15(11-16-4)12(2)3/h6-10,12,16H,5,11H2,1-4H3. The highest BCUT2D eigenvalue weighted by molar-refractivity contribution is 5.57. The summed E-state index contributed by atoms with van der Waals surface area (Å²) in [5, 5.41) is 3.24. The summed E-state index contributed by atoms with van der Waals surface area (Å²) in [5.41, 5.74) is 4.25. The van der Waals surface area contributed by atoms with E-state index in [4.69, 9.17) is 0 Å². The van der Waals surface area contributed by atoms with Crippen LogP contribution in [-0.4, -0.2) is 13.6 Å². The Labute approximate surface area is 99.6 Å². The Morgan fingerprint density at radius 1 is 1.31 bits per heavy atom. The molecule has 0 heterocycles. The molecule has 0 aliphatic rings. The Hall–Kier alpha value is -1.08. The second kappa shape index (κ2) is 6.49. The van der Waals surface area contributed by atoms with Gasteiger partial charge in [0.2, 0.25) is 0 Å². The van der Waals surface area contributed by atoms with Crippen molar-refractivity contribution in [3.8, 4) is 0 Å². The maximum atomic E-state index is 3.24. The van der Waals surface area contributed by atoms with Crippen molar-refractivity contribution in [1.29, 1.82) is 0 Å². The summed E-state index contributed by atoms with van der Waals surface area (Å²) in [6, 6.07) is 8.64. The van der Waals surface area contributed by atoms with Gasteiger partial charge in [0.15, 0.2) is 0 Å². The predicted octanol–water partition coefficient (Wildman–Crippen LogP) is 3.51. The van der Waals surface area contributed by atoms with E-state index in [-0.39, 0.29) is 0 Å². The molecule has 0 aliphatic carbocycles. The van der Waals surface area contributed by atoms with Crippen LogP contribution in [0.2, 0.25) is 0 Å². The van der Waals surface area contributed by atoms with E-state index in [0.29, 0.717) is 5.92 Å². The molecular formula is C15H23N. The van der Waals surface area contributed by atoms with Crippen LogP contribution in [0.5, 0.6) is 0 Å². The first-order valence-corrected chi connectivity index (χ1v) is 6.12. The highest BCUT2D eigenvalue weighted by atomic mass is 14.8. The van der Waals surface area contributed by atoms with Gasteiger partial charge in [-0.25, -0.2) is 0 Å². The molecule has 0 aliphatic heterocycles. The van der Waals surface area contributed by atoms with Crippen LogP contribution < -0.4 is 5.32 Å². The summed E-state index contributed by atoms with van der Waals surface area (Å²) in [7, 11) is 2.00. The first-order chi connectivity index (χ1) is 7.69. The lowest BCUT2D eigenvalue weighted by atomic mass is 9.97. The van der Waals surface area contributed by atoms with Gasteiger partial charge in [0.05, 0.1) is 0 Å². The molecule has 1 aromatic carbocycles. The number of hydrogen-bond acceptors (Lipinski definition) is 1. The van der Waals surface area contributed by atoms with Gasteiger partial charge < -0.3 is 5.32 Å². The van der Waals surface area contributed by atoms with Crippen molar-refractivity contribution in [2.45, 2.75) is 27.2 Å². The largest absolute Gasteiger partial charge is 0.316 e. The zero-order valence-corrected chi connectivity index (χ0v) is 10.9. The van der Waals surface area contributed by atoms with Gasteiger partial charge in [0, 0.05) is 6.54 Å². The van der Waals surface area contributed by atoms with Crippen LogP contribution in [0.25, 0.3) is 6.08 Å². The average molecular weight is 217 g/mol. The van der Waals surface area contributed by atoms with E-state index in [0.717, 1.165) is 13.0 Å². The normalized spacial score (nSPS) is 12.2. The number of nitrogens with one attached hydrogen (secondary N) is 1. The number of aryl methyl sites for hydroxylation is 1. The van der Waals surface area contributed by atoms with Crippen molar-refractivity contribution >= 4 is 6.08 Å². The van der Waals surface area contributed by atoms with Crippen molar-refractivity contribution in [2.75, 3.05) is 13.6 Å². The molecule has 0 unspecified atom stereocenters. The minimum Gasteiger partial charge on any atom is -0.316 e. The van der Waals surface area contributed by atoms with Crippen LogP contribution in [0.15, 0.2) is 29.8 Å². The van der Waals surface area contributed by atoms with Gasteiger partial charge in [0.1, 0.15) is 0 Å². The third kappa shape index (κ3) is 3.49. The third-order valence-electron chi connectivity index (χ3n) is 2.90. The van der Waals surface area contributed by atoms with Gasteiger partial charge in [-0.15, -0.1) is 0 Å². The van der Waals surface area contributed by atoms with Gasteiger partial charge in [-0.05, 0) is 30.5 Å². The van der Waals surface area contributed by atoms with Gasteiger partial charge in [-0.3, -0.25) is 0 Å². The van der Waals surface area contributed by atoms with Crippen molar-refractivity contribution in [2.24, 2.45) is 5.92 Å². The van der Waals surface area contributed by atoms with E-state index in [2.05, 4.69) is 56.4 Å². The molecule has 1 rings (SSSR count). The molecule has 0 spiro atoms. The molecule has 16 heavy (non-hydrogen) atoms. The minimum absolute atomic E-state index is 0.595. The SMILES string of the molecule is CCc1ccccc1C=C(CNC)C(C)C. The van der Waals surface area contributed by atoms with E-state index < -0.39 is 0 Å². The highest BCUT2D eigenvalue weighted by Crippen LogP contribution is 2.17. The van der Waals surface area contributed by atoms with Gasteiger partial charge >= 0.3 is 0 Å². The second-order valence-electron chi connectivity index (χ2n) is 4.46. The van der Waals surface area contributed by atoms with Gasteiger partial charge in [0.25, 0.3) is 0 Å². The molecule has 0 fully saturated rings. The zero-order chi connectivity index (χ0) is 12.0. The molecule has 1 N–H and O–H groups in total. The summed E-state index contributed by atoms with van der Waals surface area (Å²) in [5.74, 6) is 0.595. The Bertz CT molecular complexity index is 350. The summed E-state index contributed by atoms with van der Waals surface area (Å²) in [6.07, 6.45) is 3.43. The van der Waals surface area contributed by atoms with Crippen LogP contribution >= 0.6 is 0 Å². The first-order valence-electron chi connectivity index (χ1n) is 6.12. The quantitative estimate of drug-likeness (QED) is 0.796. The van der Waals surface area contributed by atoms with Crippen LogP contribution in [0.3, 0.4) is 0 Å². The summed E-state index contributed by atoms with van der Waals surface area (Å²) in [6.45, 7) is 7.67. The fourth-order valence-electron chi connectivity index (χ4n) is 1.82. The van der Waals surface area contributed by atoms with E-state index in [1.54, 1.807) is 0 Å². The van der Waals surface area contributed by atoms with Gasteiger partial charge in [-0.2, -0.15) is 0 Å². The number of likely N-dealkylation sites (N-methyl/N-ethyl adjacent to an activating group) is 1. The minimum atomic E-state index is 0.595. The van der Waals surface area contributed by atoms with E-state index >= 15 is 0 Å². The van der Waals surface area contributed by atoms with Crippen LogP contribution in [0.4, 0.5) is 0 Å². The van der Waals surface area contributed by atoms with E-state index in [1.807, 2.05) is 7.05 Å². The fraction of sp³-hybridized carbons (Fsp3) is 0.467. The van der Waals surface area contributed by atoms with Crippen molar-refractivity contribution < 1.29 is 0 Å².